The van der Waals surface area contributed by atoms with E-state index in [-0.39, 0.29) is 80.8 Å². The molecule has 0 spiro atoms. The summed E-state index contributed by atoms with van der Waals surface area (Å²) >= 11 is 0. The molecule has 0 aliphatic carbocycles. The number of benzene rings is 2. The van der Waals surface area contributed by atoms with Crippen LogP contribution in [0.15, 0.2) is 60.9 Å². The van der Waals surface area contributed by atoms with Crippen molar-refractivity contribution in [2.45, 2.75) is 43.1 Å². The van der Waals surface area contributed by atoms with E-state index in [1.807, 2.05) is 0 Å². The fourth-order valence-corrected chi connectivity index (χ4v) is 4.91. The number of nitrogens with two attached hydrogens (primary N) is 1. The molecule has 266 valence electrons. The molecule has 0 saturated carbocycles. The second kappa shape index (κ2) is 19.5. The first kappa shape index (κ1) is 42.5. The number of nitrogens with zero attached hydrogens (tertiary/aromatic N) is 1. The number of alkyl carbamates (subject to hydrolysis) is 1. The second-order valence-corrected chi connectivity index (χ2v) is 10.4. The summed E-state index contributed by atoms with van der Waals surface area (Å²) < 4.78 is 89.8. The van der Waals surface area contributed by atoms with Crippen LogP contribution in [0.3, 0.4) is 0 Å². The normalized spacial score (nSPS) is 16.4. The standard InChI is InChI=1S/C30H31F6N5O4.3ClH/c31-19-5-1-17(2-6-19)26(18-3-7-20(32)8-4-18)27(28(37)42)41-25-13-38-12-24(33)23(25)10-9-22-11-39-21(14-44-22)15-45-29(43)40-16-30(34,35)36;;;/h1-8,12-13,21-22,26-27,39,41H,9-11,14-16H2,(H2,37,42)(H,40,43);3*1H/t21-,22+,27-;;;/m0.../s1. The van der Waals surface area contributed by atoms with Gasteiger partial charge in [-0.25, -0.2) is 18.0 Å². The zero-order valence-electron chi connectivity index (χ0n) is 25.0. The zero-order chi connectivity index (χ0) is 32.6. The number of hydrogen-bond acceptors (Lipinski definition) is 7. The first-order valence-corrected chi connectivity index (χ1v) is 13.9. The Bertz CT molecular complexity index is 1400. The molecule has 9 nitrogen and oxygen atoms in total. The second-order valence-electron chi connectivity index (χ2n) is 10.4. The highest BCUT2D eigenvalue weighted by atomic mass is 35.5. The highest BCUT2D eigenvalue weighted by molar-refractivity contribution is 5.86. The third kappa shape index (κ3) is 12.5. The van der Waals surface area contributed by atoms with Crippen LogP contribution in [0, 0.1) is 17.5 Å². The van der Waals surface area contributed by atoms with Gasteiger partial charge in [-0.3, -0.25) is 9.78 Å². The van der Waals surface area contributed by atoms with Crippen LogP contribution in [-0.4, -0.2) is 67.7 Å². The van der Waals surface area contributed by atoms with Crippen LogP contribution in [0.5, 0.6) is 0 Å². The van der Waals surface area contributed by atoms with Crippen molar-refractivity contribution in [2.24, 2.45) is 5.73 Å². The van der Waals surface area contributed by atoms with Gasteiger partial charge in [0, 0.05) is 18.0 Å². The van der Waals surface area contributed by atoms with Gasteiger partial charge >= 0.3 is 12.3 Å². The molecule has 1 aliphatic rings. The highest BCUT2D eigenvalue weighted by Gasteiger charge is 2.32. The van der Waals surface area contributed by atoms with Gasteiger partial charge in [-0.2, -0.15) is 13.2 Å². The first-order chi connectivity index (χ1) is 21.4. The predicted molar refractivity (Wildman–Crippen MR) is 172 cm³/mol. The molecule has 1 saturated heterocycles. The molecule has 0 radical (unpaired) electrons. The summed E-state index contributed by atoms with van der Waals surface area (Å²) in [6.45, 7) is -1.36. The van der Waals surface area contributed by atoms with Gasteiger partial charge in [0.2, 0.25) is 5.91 Å². The Hall–Kier alpha value is -3.50. The number of hydrogen-bond donors (Lipinski definition) is 4. The lowest BCUT2D eigenvalue weighted by atomic mass is 9.84. The van der Waals surface area contributed by atoms with Gasteiger partial charge in [-0.1, -0.05) is 24.3 Å². The van der Waals surface area contributed by atoms with E-state index in [0.29, 0.717) is 17.5 Å². The number of amides is 2. The molecule has 2 heterocycles. The fourth-order valence-electron chi connectivity index (χ4n) is 4.91. The van der Waals surface area contributed by atoms with Gasteiger partial charge in [0.25, 0.3) is 0 Å². The average molecular weight is 749 g/mol. The van der Waals surface area contributed by atoms with Crippen LogP contribution >= 0.6 is 37.2 Å². The molecule has 5 N–H and O–H groups in total. The van der Waals surface area contributed by atoms with E-state index in [1.54, 1.807) is 5.32 Å². The quantitative estimate of drug-likeness (QED) is 0.182. The van der Waals surface area contributed by atoms with E-state index in [1.165, 1.54) is 54.7 Å². The van der Waals surface area contributed by atoms with Crippen molar-refractivity contribution in [1.29, 1.82) is 0 Å². The number of halogens is 9. The maximum atomic E-state index is 15.1. The summed E-state index contributed by atoms with van der Waals surface area (Å²) in [5, 5.41) is 7.70. The lowest BCUT2D eigenvalue weighted by molar-refractivity contribution is -0.124. The largest absolute Gasteiger partial charge is 0.448 e. The summed E-state index contributed by atoms with van der Waals surface area (Å²) in [6, 6.07) is 9.15. The van der Waals surface area contributed by atoms with Crippen LogP contribution < -0.4 is 21.7 Å². The molecule has 48 heavy (non-hydrogen) atoms. The summed E-state index contributed by atoms with van der Waals surface area (Å²) in [5.41, 5.74) is 7.21. The number of ether oxygens (including phenoxy) is 2. The summed E-state index contributed by atoms with van der Waals surface area (Å²) in [4.78, 5) is 28.2. The van der Waals surface area contributed by atoms with Crippen LogP contribution in [0.25, 0.3) is 0 Å². The molecular formula is C30H34Cl3F6N5O4. The Balaban J connectivity index is 0.00000384. The topological polar surface area (TPSA) is 128 Å². The van der Waals surface area contributed by atoms with Crippen LogP contribution in [0.2, 0.25) is 0 Å². The average Bonchev–Trinajstić information content (AvgIpc) is 3.00. The van der Waals surface area contributed by atoms with E-state index >= 15 is 4.39 Å². The SMILES string of the molecule is Cl.Cl.Cl.NC(=O)[C@@H](Nc1cncc(F)c1CC[C@@H]1CN[C@H](COC(=O)NCC(F)(F)F)CO1)C(c1ccc(F)cc1)c1ccc(F)cc1. The number of nitrogens with one attached hydrogen (secondary N) is 3. The number of carbonyl (C=O) groups excluding carboxylic acids is 2. The molecule has 4 rings (SSSR count). The molecule has 2 amide bonds. The number of alkyl halides is 3. The van der Waals surface area contributed by atoms with E-state index in [2.05, 4.69) is 15.6 Å². The Morgan fingerprint density at radius 3 is 2.06 bits per heavy atom. The van der Waals surface area contributed by atoms with Crippen molar-refractivity contribution in [3.05, 3.63) is 95.1 Å². The van der Waals surface area contributed by atoms with Crippen LogP contribution in [0.1, 0.15) is 29.0 Å². The van der Waals surface area contributed by atoms with Gasteiger partial charge in [0.15, 0.2) is 0 Å². The molecule has 0 bridgehead atoms. The zero-order valence-corrected chi connectivity index (χ0v) is 27.4. The maximum Gasteiger partial charge on any atom is 0.407 e. The first-order valence-electron chi connectivity index (χ1n) is 13.9. The molecule has 18 heteroatoms. The number of anilines is 1. The summed E-state index contributed by atoms with van der Waals surface area (Å²) in [7, 11) is 0. The Kier molecular flexibility index (Phi) is 17.3. The number of primary amides is 1. The van der Waals surface area contributed by atoms with Crippen molar-refractivity contribution >= 4 is 54.9 Å². The monoisotopic (exact) mass is 747 g/mol. The lowest BCUT2D eigenvalue weighted by Crippen LogP contribution is -2.49. The molecule has 0 unspecified atom stereocenters. The van der Waals surface area contributed by atoms with Gasteiger partial charge < -0.3 is 31.2 Å². The van der Waals surface area contributed by atoms with E-state index in [0.717, 1.165) is 6.20 Å². The van der Waals surface area contributed by atoms with E-state index in [9.17, 15) is 31.5 Å². The Morgan fingerprint density at radius 2 is 1.56 bits per heavy atom. The number of aromatic nitrogens is 1. The number of morpholine rings is 1. The van der Waals surface area contributed by atoms with Gasteiger partial charge in [0.1, 0.15) is 36.6 Å². The van der Waals surface area contributed by atoms with Gasteiger partial charge in [-0.15, -0.1) is 37.2 Å². The van der Waals surface area contributed by atoms with Crippen molar-refractivity contribution in [3.8, 4) is 0 Å². The van der Waals surface area contributed by atoms with E-state index in [4.69, 9.17) is 15.2 Å². The minimum Gasteiger partial charge on any atom is -0.448 e. The molecule has 3 aromatic rings. The van der Waals surface area contributed by atoms with Crippen molar-refractivity contribution < 1.29 is 45.4 Å². The Labute approximate surface area is 290 Å². The van der Waals surface area contributed by atoms with Gasteiger partial charge in [-0.05, 0) is 48.2 Å². The maximum absolute atomic E-state index is 15.1. The molecule has 1 aliphatic heterocycles. The number of pyridine rings is 1. The summed E-state index contributed by atoms with van der Waals surface area (Å²) in [5.74, 6) is -3.25. The third-order valence-corrected chi connectivity index (χ3v) is 7.15. The smallest absolute Gasteiger partial charge is 0.407 e. The minimum atomic E-state index is -4.56. The minimum absolute atomic E-state index is 0. The van der Waals surface area contributed by atoms with E-state index < -0.39 is 60.2 Å². The molecule has 3 atom stereocenters. The molecular weight excluding hydrogens is 715 g/mol. The predicted octanol–water partition coefficient (Wildman–Crippen LogP) is 5.44. The third-order valence-electron chi connectivity index (χ3n) is 7.15. The fraction of sp³-hybridized carbons (Fsp3) is 0.367. The van der Waals surface area contributed by atoms with Gasteiger partial charge in [0.05, 0.1) is 36.8 Å². The summed E-state index contributed by atoms with van der Waals surface area (Å²) in [6.07, 6.45) is -3.32. The highest BCUT2D eigenvalue weighted by Crippen LogP contribution is 2.32. The van der Waals surface area contributed by atoms with Crippen LogP contribution in [-0.2, 0) is 20.7 Å². The van der Waals surface area contributed by atoms with Crippen molar-refractivity contribution in [3.63, 3.8) is 0 Å². The van der Waals surface area contributed by atoms with Crippen molar-refractivity contribution in [1.82, 2.24) is 15.6 Å². The number of carbonyl (C=O) groups is 2. The molecule has 1 fully saturated rings. The number of rotatable bonds is 12. The van der Waals surface area contributed by atoms with Crippen LogP contribution in [0.4, 0.5) is 36.8 Å². The lowest BCUT2D eigenvalue weighted by Gasteiger charge is -2.31. The molecule has 1 aromatic heterocycles. The Morgan fingerprint density at radius 1 is 0.979 bits per heavy atom. The molecule has 2 aromatic carbocycles. The van der Waals surface area contributed by atoms with Crippen molar-refractivity contribution in [2.75, 3.05) is 31.6 Å².